The maximum absolute atomic E-state index is 5.87. The van der Waals surface area contributed by atoms with Crippen LogP contribution in [0.25, 0.3) is 0 Å². The van der Waals surface area contributed by atoms with Crippen molar-refractivity contribution in [3.63, 3.8) is 0 Å². The van der Waals surface area contributed by atoms with Crippen molar-refractivity contribution in [1.82, 2.24) is 0 Å². The summed E-state index contributed by atoms with van der Waals surface area (Å²) in [4.78, 5) is 0. The molecule has 2 nitrogen and oxygen atoms in total. The molecule has 1 fully saturated rings. The summed E-state index contributed by atoms with van der Waals surface area (Å²) in [5, 5.41) is 0. The van der Waals surface area contributed by atoms with Crippen molar-refractivity contribution in [1.29, 1.82) is 0 Å². The molecular formula is C12H23BO2. The van der Waals surface area contributed by atoms with Gasteiger partial charge in [-0.2, -0.15) is 0 Å². The Bertz CT molecular complexity index is 228. The van der Waals surface area contributed by atoms with Crippen molar-refractivity contribution in [2.45, 2.75) is 59.1 Å². The fourth-order valence-electron chi connectivity index (χ4n) is 1.52. The minimum atomic E-state index is -0.205. The first-order valence-corrected chi connectivity index (χ1v) is 5.77. The largest absolute Gasteiger partial charge is 0.461 e. The fraction of sp³-hybridized carbons (Fsp3) is 0.833. The molecule has 0 radical (unpaired) electrons. The Morgan fingerprint density at radius 2 is 1.53 bits per heavy atom. The van der Waals surface area contributed by atoms with E-state index in [4.69, 9.17) is 9.31 Å². The van der Waals surface area contributed by atoms with Crippen LogP contribution in [0.15, 0.2) is 12.2 Å². The molecule has 1 rings (SSSR count). The predicted octanol–water partition coefficient (Wildman–Crippen LogP) is 3.29. The van der Waals surface area contributed by atoms with E-state index in [2.05, 4.69) is 53.7 Å². The van der Waals surface area contributed by atoms with Crippen LogP contribution in [0, 0.1) is 5.92 Å². The zero-order valence-electron chi connectivity index (χ0n) is 10.8. The van der Waals surface area contributed by atoms with Gasteiger partial charge in [-0.25, -0.2) is 0 Å². The van der Waals surface area contributed by atoms with E-state index < -0.39 is 0 Å². The van der Waals surface area contributed by atoms with Gasteiger partial charge in [-0.05, 0) is 33.6 Å². The molecule has 15 heavy (non-hydrogen) atoms. The van der Waals surface area contributed by atoms with Gasteiger partial charge in [0, 0.05) is 6.32 Å². The van der Waals surface area contributed by atoms with Gasteiger partial charge >= 0.3 is 7.12 Å². The molecule has 0 aromatic carbocycles. The summed E-state index contributed by atoms with van der Waals surface area (Å²) >= 11 is 0. The number of hydrogen-bond donors (Lipinski definition) is 0. The Kier molecular flexibility index (Phi) is 3.67. The first-order valence-electron chi connectivity index (χ1n) is 5.77. The van der Waals surface area contributed by atoms with Crippen LogP contribution in [0.4, 0.5) is 0 Å². The molecule has 0 N–H and O–H groups in total. The van der Waals surface area contributed by atoms with Gasteiger partial charge in [0.15, 0.2) is 0 Å². The molecule has 0 unspecified atom stereocenters. The monoisotopic (exact) mass is 210 g/mol. The average molecular weight is 210 g/mol. The smallest absolute Gasteiger partial charge is 0.403 e. The summed E-state index contributed by atoms with van der Waals surface area (Å²) in [5.41, 5.74) is -0.410. The minimum Gasteiger partial charge on any atom is -0.403 e. The molecule has 0 bridgehead atoms. The Labute approximate surface area is 94.2 Å². The molecule has 1 heterocycles. The normalized spacial score (nSPS) is 24.3. The van der Waals surface area contributed by atoms with E-state index in [1.54, 1.807) is 0 Å². The van der Waals surface area contributed by atoms with E-state index in [9.17, 15) is 0 Å². The van der Waals surface area contributed by atoms with E-state index >= 15 is 0 Å². The van der Waals surface area contributed by atoms with E-state index in [1.165, 1.54) is 0 Å². The topological polar surface area (TPSA) is 18.5 Å². The van der Waals surface area contributed by atoms with Crippen LogP contribution in [0.2, 0.25) is 6.32 Å². The van der Waals surface area contributed by atoms with E-state index in [-0.39, 0.29) is 18.3 Å². The summed E-state index contributed by atoms with van der Waals surface area (Å²) < 4.78 is 11.7. The molecule has 0 aromatic heterocycles. The Morgan fingerprint density at radius 1 is 1.07 bits per heavy atom. The summed E-state index contributed by atoms with van der Waals surface area (Å²) in [6.07, 6.45) is 5.17. The average Bonchev–Trinajstić information content (AvgIpc) is 2.19. The second-order valence-corrected chi connectivity index (χ2v) is 5.59. The molecule has 0 spiro atoms. The van der Waals surface area contributed by atoms with Crippen molar-refractivity contribution >= 4 is 7.12 Å². The fourth-order valence-corrected chi connectivity index (χ4v) is 1.52. The van der Waals surface area contributed by atoms with Gasteiger partial charge in [-0.3, -0.25) is 0 Å². The van der Waals surface area contributed by atoms with Crippen LogP contribution < -0.4 is 0 Å². The maximum atomic E-state index is 5.87. The van der Waals surface area contributed by atoms with Crippen LogP contribution in [0.1, 0.15) is 41.5 Å². The second-order valence-electron chi connectivity index (χ2n) is 5.59. The summed E-state index contributed by atoms with van der Waals surface area (Å²) in [7, 11) is -0.0926. The van der Waals surface area contributed by atoms with Gasteiger partial charge in [0.2, 0.25) is 0 Å². The van der Waals surface area contributed by atoms with Gasteiger partial charge in [0.1, 0.15) is 0 Å². The maximum Gasteiger partial charge on any atom is 0.461 e. The third-order valence-corrected chi connectivity index (χ3v) is 3.15. The molecule has 0 atom stereocenters. The van der Waals surface area contributed by atoms with Gasteiger partial charge < -0.3 is 9.31 Å². The number of hydrogen-bond acceptors (Lipinski definition) is 2. The lowest BCUT2D eigenvalue weighted by atomic mass is 9.84. The van der Waals surface area contributed by atoms with Crippen molar-refractivity contribution in [2.75, 3.05) is 0 Å². The summed E-state index contributed by atoms with van der Waals surface area (Å²) in [6, 6.07) is 0. The van der Waals surface area contributed by atoms with Crippen molar-refractivity contribution in [2.24, 2.45) is 5.92 Å². The minimum absolute atomic E-state index is 0.0926. The molecule has 0 aromatic rings. The van der Waals surface area contributed by atoms with Crippen molar-refractivity contribution in [3.8, 4) is 0 Å². The molecule has 0 saturated carbocycles. The zero-order chi connectivity index (χ0) is 11.7. The second kappa shape index (κ2) is 4.30. The lowest BCUT2D eigenvalue weighted by molar-refractivity contribution is 0.00578. The zero-order valence-corrected chi connectivity index (χ0v) is 10.8. The van der Waals surface area contributed by atoms with E-state index in [1.807, 2.05) is 0 Å². The lowest BCUT2D eigenvalue weighted by Gasteiger charge is -2.32. The van der Waals surface area contributed by atoms with Crippen LogP contribution in [0.3, 0.4) is 0 Å². The first-order chi connectivity index (χ1) is 6.74. The molecule has 1 saturated heterocycles. The Balaban J connectivity index is 2.49. The molecule has 1 aliphatic heterocycles. The highest BCUT2D eigenvalue weighted by Crippen LogP contribution is 2.37. The van der Waals surface area contributed by atoms with Crippen LogP contribution >= 0.6 is 0 Å². The highest BCUT2D eigenvalue weighted by Gasteiger charge is 2.50. The van der Waals surface area contributed by atoms with Crippen LogP contribution in [-0.2, 0) is 9.31 Å². The van der Waals surface area contributed by atoms with Gasteiger partial charge in [-0.15, -0.1) is 0 Å². The highest BCUT2D eigenvalue weighted by atomic mass is 16.7. The van der Waals surface area contributed by atoms with Crippen LogP contribution in [-0.4, -0.2) is 18.3 Å². The molecular weight excluding hydrogens is 187 g/mol. The standard InChI is InChI=1S/C12H23BO2/c1-10(2)8-7-9-13-14-11(3,4)12(5,6)15-13/h7-8,10H,9H2,1-6H3/b8-7+. The first kappa shape index (κ1) is 12.8. The highest BCUT2D eigenvalue weighted by molar-refractivity contribution is 6.46. The summed E-state index contributed by atoms with van der Waals surface area (Å²) in [6.45, 7) is 12.7. The van der Waals surface area contributed by atoms with Gasteiger partial charge in [-0.1, -0.05) is 26.0 Å². The lowest BCUT2D eigenvalue weighted by Crippen LogP contribution is -2.41. The molecule has 0 amide bonds. The van der Waals surface area contributed by atoms with Crippen molar-refractivity contribution in [3.05, 3.63) is 12.2 Å². The van der Waals surface area contributed by atoms with Crippen molar-refractivity contribution < 1.29 is 9.31 Å². The summed E-state index contributed by atoms with van der Waals surface area (Å²) in [5.74, 6) is 0.590. The number of rotatable bonds is 3. The van der Waals surface area contributed by atoms with E-state index in [0.29, 0.717) is 5.92 Å². The molecule has 1 aliphatic rings. The predicted molar refractivity (Wildman–Crippen MR) is 64.9 cm³/mol. The Hall–Kier alpha value is -0.275. The SMILES string of the molecule is CC(C)/C=C/CB1OC(C)(C)C(C)(C)O1. The van der Waals surface area contributed by atoms with E-state index in [0.717, 1.165) is 6.32 Å². The van der Waals surface area contributed by atoms with Gasteiger partial charge in [0.05, 0.1) is 11.2 Å². The Morgan fingerprint density at radius 3 is 1.93 bits per heavy atom. The third kappa shape index (κ3) is 3.09. The van der Waals surface area contributed by atoms with Crippen LogP contribution in [0.5, 0.6) is 0 Å². The molecule has 0 aliphatic carbocycles. The molecule has 86 valence electrons. The van der Waals surface area contributed by atoms with Gasteiger partial charge in [0.25, 0.3) is 0 Å². The quantitative estimate of drug-likeness (QED) is 0.525. The third-order valence-electron chi connectivity index (χ3n) is 3.15. The number of allylic oxidation sites excluding steroid dienone is 2. The molecule has 3 heteroatoms.